The van der Waals surface area contributed by atoms with Crippen molar-refractivity contribution in [3.8, 4) is 11.3 Å². The minimum atomic E-state index is 0.0242. The monoisotopic (exact) mass is 380 g/mol. The molecule has 1 atom stereocenters. The second-order valence-corrected chi connectivity index (χ2v) is 7.25. The van der Waals surface area contributed by atoms with Gasteiger partial charge >= 0.3 is 0 Å². The SMILES string of the molecule is O=C(Cc1cccc(Cl)c1)NC1CCN(c2cc(-c3ccccc3)[nH]n2)C1. The van der Waals surface area contributed by atoms with E-state index in [0.29, 0.717) is 11.4 Å². The van der Waals surface area contributed by atoms with Crippen molar-refractivity contribution in [1.82, 2.24) is 15.5 Å². The normalized spacial score (nSPS) is 16.5. The maximum Gasteiger partial charge on any atom is 0.224 e. The van der Waals surface area contributed by atoms with Crippen molar-refractivity contribution in [2.75, 3.05) is 18.0 Å². The first-order valence-corrected chi connectivity index (χ1v) is 9.45. The molecule has 1 amide bonds. The molecular weight excluding hydrogens is 360 g/mol. The van der Waals surface area contributed by atoms with Crippen molar-refractivity contribution >= 4 is 23.3 Å². The molecule has 27 heavy (non-hydrogen) atoms. The molecule has 5 nitrogen and oxygen atoms in total. The van der Waals surface area contributed by atoms with Crippen molar-refractivity contribution in [1.29, 1.82) is 0 Å². The van der Waals surface area contributed by atoms with Gasteiger partial charge in [0, 0.05) is 30.2 Å². The Bertz CT molecular complexity index is 925. The third kappa shape index (κ3) is 4.31. The number of hydrogen-bond acceptors (Lipinski definition) is 3. The van der Waals surface area contributed by atoms with E-state index in [1.165, 1.54) is 0 Å². The minimum Gasteiger partial charge on any atom is -0.353 e. The molecule has 2 heterocycles. The predicted molar refractivity (Wildman–Crippen MR) is 108 cm³/mol. The number of amides is 1. The van der Waals surface area contributed by atoms with Crippen LogP contribution < -0.4 is 10.2 Å². The number of aromatic nitrogens is 2. The lowest BCUT2D eigenvalue weighted by atomic mass is 10.1. The number of nitrogens with one attached hydrogen (secondary N) is 2. The highest BCUT2D eigenvalue weighted by atomic mass is 35.5. The molecule has 1 aliphatic heterocycles. The van der Waals surface area contributed by atoms with E-state index in [1.807, 2.05) is 42.5 Å². The van der Waals surface area contributed by atoms with Crippen molar-refractivity contribution < 1.29 is 4.79 Å². The molecule has 2 N–H and O–H groups in total. The Kier molecular flexibility index (Phi) is 5.12. The van der Waals surface area contributed by atoms with Crippen LogP contribution in [0, 0.1) is 0 Å². The molecule has 3 aromatic rings. The van der Waals surface area contributed by atoms with Gasteiger partial charge in [-0.1, -0.05) is 54.1 Å². The topological polar surface area (TPSA) is 61.0 Å². The van der Waals surface area contributed by atoms with Gasteiger partial charge in [0.05, 0.1) is 12.1 Å². The lowest BCUT2D eigenvalue weighted by Crippen LogP contribution is -2.38. The summed E-state index contributed by atoms with van der Waals surface area (Å²) in [4.78, 5) is 14.5. The van der Waals surface area contributed by atoms with Crippen molar-refractivity contribution in [2.24, 2.45) is 0 Å². The summed E-state index contributed by atoms with van der Waals surface area (Å²) in [5.74, 6) is 0.941. The largest absolute Gasteiger partial charge is 0.353 e. The predicted octanol–water partition coefficient (Wildman–Crippen LogP) is 3.67. The molecule has 0 radical (unpaired) electrons. The van der Waals surface area contributed by atoms with E-state index in [1.54, 1.807) is 0 Å². The lowest BCUT2D eigenvalue weighted by molar-refractivity contribution is -0.121. The van der Waals surface area contributed by atoms with Crippen LogP contribution in [0.5, 0.6) is 0 Å². The average Bonchev–Trinajstić information content (AvgIpc) is 3.32. The molecular formula is C21H21ClN4O. The zero-order valence-electron chi connectivity index (χ0n) is 14.9. The number of nitrogens with zero attached hydrogens (tertiary/aromatic N) is 2. The molecule has 1 unspecified atom stereocenters. The molecule has 2 aromatic carbocycles. The van der Waals surface area contributed by atoms with Gasteiger partial charge in [0.2, 0.25) is 5.91 Å². The number of aromatic amines is 1. The number of hydrogen-bond donors (Lipinski definition) is 2. The second-order valence-electron chi connectivity index (χ2n) is 6.81. The number of carbonyl (C=O) groups is 1. The van der Waals surface area contributed by atoms with Gasteiger partial charge < -0.3 is 10.2 Å². The molecule has 1 aliphatic rings. The lowest BCUT2D eigenvalue weighted by Gasteiger charge is -2.16. The highest BCUT2D eigenvalue weighted by Gasteiger charge is 2.25. The Balaban J connectivity index is 1.34. The fourth-order valence-corrected chi connectivity index (χ4v) is 3.65. The number of anilines is 1. The van der Waals surface area contributed by atoms with Crippen molar-refractivity contribution in [3.63, 3.8) is 0 Å². The third-order valence-corrected chi connectivity index (χ3v) is 5.02. The summed E-state index contributed by atoms with van der Waals surface area (Å²) in [5.41, 5.74) is 3.04. The first kappa shape index (κ1) is 17.6. The molecule has 1 fully saturated rings. The Morgan fingerprint density at radius 1 is 1.19 bits per heavy atom. The molecule has 138 valence electrons. The van der Waals surface area contributed by atoms with Crippen LogP contribution >= 0.6 is 11.6 Å². The van der Waals surface area contributed by atoms with E-state index in [4.69, 9.17) is 11.6 Å². The number of carbonyl (C=O) groups excluding carboxylic acids is 1. The van der Waals surface area contributed by atoms with Crippen LogP contribution in [0.25, 0.3) is 11.3 Å². The maximum atomic E-state index is 12.3. The summed E-state index contributed by atoms with van der Waals surface area (Å²) in [6.07, 6.45) is 1.26. The highest BCUT2D eigenvalue weighted by Crippen LogP contribution is 2.24. The van der Waals surface area contributed by atoms with Gasteiger partial charge in [-0.25, -0.2) is 0 Å². The first-order chi connectivity index (χ1) is 13.2. The first-order valence-electron chi connectivity index (χ1n) is 9.07. The Labute approximate surface area is 163 Å². The van der Waals surface area contributed by atoms with Gasteiger partial charge in [-0.2, -0.15) is 5.10 Å². The van der Waals surface area contributed by atoms with Gasteiger partial charge in [-0.15, -0.1) is 0 Å². The summed E-state index contributed by atoms with van der Waals surface area (Å²) in [6.45, 7) is 1.64. The summed E-state index contributed by atoms with van der Waals surface area (Å²) in [6, 6.07) is 19.7. The van der Waals surface area contributed by atoms with Gasteiger partial charge in [-0.3, -0.25) is 9.89 Å². The van der Waals surface area contributed by atoms with Gasteiger partial charge in [0.25, 0.3) is 0 Å². The summed E-state index contributed by atoms with van der Waals surface area (Å²) < 4.78 is 0. The number of halogens is 1. The van der Waals surface area contributed by atoms with Gasteiger partial charge in [0.15, 0.2) is 5.82 Å². The zero-order valence-corrected chi connectivity index (χ0v) is 15.6. The molecule has 0 aliphatic carbocycles. The molecule has 1 saturated heterocycles. The quantitative estimate of drug-likeness (QED) is 0.710. The van der Waals surface area contributed by atoms with Crippen molar-refractivity contribution in [2.45, 2.75) is 18.9 Å². The van der Waals surface area contributed by atoms with Crippen LogP contribution in [0.3, 0.4) is 0 Å². The fraction of sp³-hybridized carbons (Fsp3) is 0.238. The van der Waals surface area contributed by atoms with Crippen LogP contribution in [0.4, 0.5) is 5.82 Å². The van der Waals surface area contributed by atoms with Crippen LogP contribution in [0.1, 0.15) is 12.0 Å². The fourth-order valence-electron chi connectivity index (χ4n) is 3.44. The molecule has 6 heteroatoms. The Morgan fingerprint density at radius 2 is 2.04 bits per heavy atom. The van der Waals surface area contributed by atoms with Gasteiger partial charge in [0.1, 0.15) is 0 Å². The number of benzene rings is 2. The van der Waals surface area contributed by atoms with Crippen LogP contribution in [0.2, 0.25) is 5.02 Å². The van der Waals surface area contributed by atoms with E-state index in [2.05, 4.69) is 38.6 Å². The highest BCUT2D eigenvalue weighted by molar-refractivity contribution is 6.30. The number of rotatable bonds is 5. The maximum absolute atomic E-state index is 12.3. The van der Waals surface area contributed by atoms with E-state index in [9.17, 15) is 4.79 Å². The Hall–Kier alpha value is -2.79. The molecule has 1 aromatic heterocycles. The van der Waals surface area contributed by atoms with Crippen LogP contribution in [-0.4, -0.2) is 35.2 Å². The third-order valence-electron chi connectivity index (χ3n) is 4.78. The van der Waals surface area contributed by atoms with E-state index in [-0.39, 0.29) is 11.9 Å². The molecule has 4 rings (SSSR count). The smallest absolute Gasteiger partial charge is 0.224 e. The van der Waals surface area contributed by atoms with E-state index in [0.717, 1.165) is 42.1 Å². The van der Waals surface area contributed by atoms with Crippen LogP contribution in [-0.2, 0) is 11.2 Å². The number of H-pyrrole nitrogens is 1. The molecule has 0 saturated carbocycles. The summed E-state index contributed by atoms with van der Waals surface area (Å²) in [5, 5.41) is 11.3. The van der Waals surface area contributed by atoms with E-state index < -0.39 is 0 Å². The second kappa shape index (κ2) is 7.84. The summed E-state index contributed by atoms with van der Waals surface area (Å²) >= 11 is 5.98. The van der Waals surface area contributed by atoms with Crippen molar-refractivity contribution in [3.05, 3.63) is 71.2 Å². The average molecular weight is 381 g/mol. The zero-order chi connectivity index (χ0) is 18.6. The molecule has 0 spiro atoms. The van der Waals surface area contributed by atoms with Gasteiger partial charge in [-0.05, 0) is 29.7 Å². The standard InChI is InChI=1S/C21H21ClN4O/c22-17-8-4-5-15(11-17)12-21(27)23-18-9-10-26(14-18)20-13-19(24-25-20)16-6-2-1-3-7-16/h1-8,11,13,18H,9-10,12,14H2,(H,23,27)(H,24,25). The van der Waals surface area contributed by atoms with Crippen LogP contribution in [0.15, 0.2) is 60.7 Å². The van der Waals surface area contributed by atoms with E-state index >= 15 is 0 Å². The Morgan fingerprint density at radius 3 is 2.85 bits per heavy atom. The molecule has 0 bridgehead atoms. The summed E-state index contributed by atoms with van der Waals surface area (Å²) in [7, 11) is 0. The minimum absolute atomic E-state index is 0.0242.